The molecule has 1 aliphatic rings. The van der Waals surface area contributed by atoms with Gasteiger partial charge in [-0.25, -0.2) is 4.79 Å². The van der Waals surface area contributed by atoms with Gasteiger partial charge < -0.3 is 14.7 Å². The normalized spacial score (nSPS) is 18.1. The minimum atomic E-state index is -0.499. The van der Waals surface area contributed by atoms with Crippen LogP contribution >= 0.6 is 11.3 Å². The van der Waals surface area contributed by atoms with Crippen LogP contribution in [-0.4, -0.2) is 47.7 Å². The zero-order valence-corrected chi connectivity index (χ0v) is 20.4. The van der Waals surface area contributed by atoms with Crippen LogP contribution in [0.3, 0.4) is 0 Å². The zero-order valence-electron chi connectivity index (χ0n) is 19.6. The third-order valence-corrected chi connectivity index (χ3v) is 7.45. The van der Waals surface area contributed by atoms with Crippen LogP contribution in [0.1, 0.15) is 59.1 Å². The molecule has 178 valence electrons. The first-order valence-electron chi connectivity index (χ1n) is 11.8. The molecule has 5 nitrogen and oxygen atoms in total. The average molecular weight is 470 g/mol. The summed E-state index contributed by atoms with van der Waals surface area (Å²) in [6, 6.07) is 14.2. The fraction of sp³-hybridized carbons (Fsp3) is 0.481. The van der Waals surface area contributed by atoms with Gasteiger partial charge in [0, 0.05) is 17.8 Å². The van der Waals surface area contributed by atoms with Gasteiger partial charge >= 0.3 is 5.97 Å². The number of aliphatic hydroxyl groups is 1. The van der Waals surface area contributed by atoms with Crippen molar-refractivity contribution in [3.8, 4) is 0 Å². The minimum Gasteiger partial charge on any atom is -0.465 e. The maximum atomic E-state index is 12.4. The van der Waals surface area contributed by atoms with Gasteiger partial charge in [-0.05, 0) is 62.1 Å². The molecule has 0 bridgehead atoms. The number of hydrogen-bond donors (Lipinski definition) is 1. The van der Waals surface area contributed by atoms with Crippen molar-refractivity contribution in [3.05, 3.63) is 69.9 Å². The minimum absolute atomic E-state index is 0.0534. The number of carbonyl (C=O) groups excluding carboxylic acids is 2. The second kappa shape index (κ2) is 12.7. The monoisotopic (exact) mass is 469 g/mol. The van der Waals surface area contributed by atoms with Crippen LogP contribution in [0, 0.1) is 5.92 Å². The largest absolute Gasteiger partial charge is 0.465 e. The lowest BCUT2D eigenvalue weighted by molar-refractivity contribution is -0.128. The van der Waals surface area contributed by atoms with Crippen molar-refractivity contribution in [2.45, 2.75) is 64.0 Å². The molecule has 0 spiro atoms. The summed E-state index contributed by atoms with van der Waals surface area (Å²) < 4.78 is 4.76. The molecule has 0 saturated carbocycles. The molecule has 1 aromatic carbocycles. The molecule has 1 N–H and O–H groups in total. The molecule has 1 amide bonds. The molecule has 2 unspecified atom stereocenters. The van der Waals surface area contributed by atoms with E-state index in [-0.39, 0.29) is 23.8 Å². The molecule has 1 fully saturated rings. The highest BCUT2D eigenvalue weighted by Gasteiger charge is 2.28. The average Bonchev–Trinajstić information content (AvgIpc) is 3.44. The second-order valence-corrected chi connectivity index (χ2v) is 9.95. The highest BCUT2D eigenvalue weighted by atomic mass is 32.1. The fourth-order valence-electron chi connectivity index (χ4n) is 4.27. The van der Waals surface area contributed by atoms with E-state index in [1.54, 1.807) is 6.07 Å². The Labute approximate surface area is 201 Å². The van der Waals surface area contributed by atoms with Crippen molar-refractivity contribution < 1.29 is 19.4 Å². The number of methoxy groups -OCH3 is 1. The van der Waals surface area contributed by atoms with Crippen molar-refractivity contribution in [1.82, 2.24) is 4.90 Å². The van der Waals surface area contributed by atoms with Gasteiger partial charge in [-0.1, -0.05) is 49.4 Å². The summed E-state index contributed by atoms with van der Waals surface area (Å²) in [6.07, 6.45) is 9.46. The third-order valence-electron chi connectivity index (χ3n) is 6.33. The Morgan fingerprint density at radius 2 is 2.00 bits per heavy atom. The summed E-state index contributed by atoms with van der Waals surface area (Å²) in [6.45, 7) is 2.77. The van der Waals surface area contributed by atoms with Gasteiger partial charge in [0.1, 0.15) is 4.88 Å². The van der Waals surface area contributed by atoms with Crippen LogP contribution in [0.25, 0.3) is 0 Å². The predicted octanol–water partition coefficient (Wildman–Crippen LogP) is 5.03. The van der Waals surface area contributed by atoms with Crippen LogP contribution in [0.5, 0.6) is 0 Å². The highest BCUT2D eigenvalue weighted by molar-refractivity contribution is 7.13. The Hall–Kier alpha value is -2.44. The smallest absolute Gasteiger partial charge is 0.348 e. The molecule has 1 aliphatic heterocycles. The molecule has 1 aromatic heterocycles. The molecule has 3 atom stereocenters. The fourth-order valence-corrected chi connectivity index (χ4v) is 5.24. The zero-order chi connectivity index (χ0) is 23.6. The van der Waals surface area contributed by atoms with Gasteiger partial charge in [-0.2, -0.15) is 0 Å². The summed E-state index contributed by atoms with van der Waals surface area (Å²) >= 11 is 1.45. The number of nitrogens with zero attached hydrogens (tertiary/aromatic N) is 1. The van der Waals surface area contributed by atoms with Crippen LogP contribution in [0.15, 0.2) is 54.6 Å². The quantitative estimate of drug-likeness (QED) is 0.350. The van der Waals surface area contributed by atoms with Gasteiger partial charge in [0.15, 0.2) is 0 Å². The van der Waals surface area contributed by atoms with E-state index in [0.29, 0.717) is 17.8 Å². The lowest BCUT2D eigenvalue weighted by Gasteiger charge is -2.23. The molecule has 1 saturated heterocycles. The van der Waals surface area contributed by atoms with Crippen LogP contribution in [-0.2, 0) is 22.4 Å². The number of aryl methyl sites for hydroxylation is 2. The second-order valence-electron chi connectivity index (χ2n) is 8.78. The predicted molar refractivity (Wildman–Crippen MR) is 132 cm³/mol. The molecule has 0 aliphatic carbocycles. The van der Waals surface area contributed by atoms with E-state index in [4.69, 9.17) is 4.74 Å². The van der Waals surface area contributed by atoms with Crippen LogP contribution in [0.2, 0.25) is 0 Å². The van der Waals surface area contributed by atoms with Gasteiger partial charge in [0.2, 0.25) is 5.91 Å². The maximum absolute atomic E-state index is 12.4. The number of hydrogen-bond acceptors (Lipinski definition) is 5. The van der Waals surface area contributed by atoms with Gasteiger partial charge in [0.25, 0.3) is 0 Å². The first kappa shape index (κ1) is 25.2. The third kappa shape index (κ3) is 7.54. The standard InChI is InChI=1S/C27H35NO4S/c1-20(8-6-11-21-9-4-3-5-10-21)24(29)16-13-22-14-18-26(30)28(22)19-7-12-23-15-17-25(33-23)27(31)32-2/h3-5,9-10,13,15-17,20,22,24,29H,6-8,11-12,14,18-19H2,1-2H3/b16-13+/t20?,22-,24?/m0/s1. The van der Waals surface area contributed by atoms with E-state index in [2.05, 4.69) is 31.2 Å². The lowest BCUT2D eigenvalue weighted by Crippen LogP contribution is -2.33. The molecule has 2 aromatic rings. The summed E-state index contributed by atoms with van der Waals surface area (Å²) in [5.74, 6) is 0.0499. The van der Waals surface area contributed by atoms with Crippen molar-refractivity contribution in [3.63, 3.8) is 0 Å². The number of carbonyl (C=O) groups is 2. The Bertz CT molecular complexity index is 923. The molecule has 3 rings (SSSR count). The summed E-state index contributed by atoms with van der Waals surface area (Å²) in [5.41, 5.74) is 1.33. The Morgan fingerprint density at radius 3 is 2.76 bits per heavy atom. The highest BCUT2D eigenvalue weighted by Crippen LogP contribution is 2.23. The van der Waals surface area contributed by atoms with E-state index in [9.17, 15) is 14.7 Å². The van der Waals surface area contributed by atoms with Gasteiger partial charge in [0.05, 0.1) is 19.3 Å². The van der Waals surface area contributed by atoms with Gasteiger partial charge in [-0.3, -0.25) is 4.79 Å². The first-order valence-corrected chi connectivity index (χ1v) is 12.7. The molecule has 6 heteroatoms. The summed E-state index contributed by atoms with van der Waals surface area (Å²) in [5, 5.41) is 10.6. The van der Waals surface area contributed by atoms with E-state index in [0.717, 1.165) is 43.4 Å². The van der Waals surface area contributed by atoms with E-state index in [1.165, 1.54) is 24.0 Å². The number of benzene rings is 1. The SMILES string of the molecule is COC(=O)c1ccc(CCCN2C(=O)CC[C@@H]2/C=C/C(O)C(C)CCCc2ccccc2)s1. The number of likely N-dealkylation sites (tertiary alicyclic amines) is 1. The van der Waals surface area contributed by atoms with E-state index >= 15 is 0 Å². The number of aliphatic hydroxyl groups excluding tert-OH is 1. The topological polar surface area (TPSA) is 66.8 Å². The van der Waals surface area contributed by atoms with Crippen LogP contribution in [0.4, 0.5) is 0 Å². The number of esters is 1. The number of ether oxygens (including phenoxy) is 1. The Kier molecular flexibility index (Phi) is 9.70. The van der Waals surface area contributed by atoms with Crippen molar-refractivity contribution in [1.29, 1.82) is 0 Å². The molecular formula is C27H35NO4S. The molecule has 0 radical (unpaired) electrons. The van der Waals surface area contributed by atoms with Crippen LogP contribution < -0.4 is 0 Å². The van der Waals surface area contributed by atoms with Crippen molar-refractivity contribution in [2.24, 2.45) is 5.92 Å². The molecule has 2 heterocycles. The molecule has 33 heavy (non-hydrogen) atoms. The number of rotatable bonds is 12. The number of thiophene rings is 1. The van der Waals surface area contributed by atoms with Gasteiger partial charge in [-0.15, -0.1) is 11.3 Å². The summed E-state index contributed by atoms with van der Waals surface area (Å²) in [4.78, 5) is 27.6. The lowest BCUT2D eigenvalue weighted by atomic mass is 9.95. The molecular weight excluding hydrogens is 434 g/mol. The van der Waals surface area contributed by atoms with Crippen molar-refractivity contribution >= 4 is 23.2 Å². The maximum Gasteiger partial charge on any atom is 0.348 e. The summed E-state index contributed by atoms with van der Waals surface area (Å²) in [7, 11) is 1.39. The van der Waals surface area contributed by atoms with Crippen molar-refractivity contribution in [2.75, 3.05) is 13.7 Å². The Balaban J connectivity index is 1.43. The first-order chi connectivity index (χ1) is 16.0. The number of amides is 1. The van der Waals surface area contributed by atoms with E-state index in [1.807, 2.05) is 29.2 Å². The Morgan fingerprint density at radius 1 is 1.21 bits per heavy atom. The van der Waals surface area contributed by atoms with E-state index < -0.39 is 6.10 Å².